The summed E-state index contributed by atoms with van der Waals surface area (Å²) in [6, 6.07) is 9.84. The highest BCUT2D eigenvalue weighted by molar-refractivity contribution is 5.59. The number of piperidine rings is 1. The second-order valence-corrected chi connectivity index (χ2v) is 3.98. The first-order valence-electron chi connectivity index (χ1n) is 5.44. The third-order valence-electron chi connectivity index (χ3n) is 2.94. The Kier molecular flexibility index (Phi) is 3.40. The summed E-state index contributed by atoms with van der Waals surface area (Å²) in [5.74, 6) is 5.22. The summed E-state index contributed by atoms with van der Waals surface area (Å²) in [6.07, 6.45) is 2.10. The molecule has 4 heteroatoms. The number of benzene rings is 1. The molecule has 1 aromatic carbocycles. The molecule has 0 bridgehead atoms. The summed E-state index contributed by atoms with van der Waals surface area (Å²) in [5, 5.41) is 9.04. The number of rotatable bonds is 2. The lowest BCUT2D eigenvalue weighted by molar-refractivity contribution is 0.0435. The third kappa shape index (κ3) is 2.16. The highest BCUT2D eigenvalue weighted by Gasteiger charge is 2.21. The third-order valence-corrected chi connectivity index (χ3v) is 2.94. The zero-order chi connectivity index (χ0) is 11.4. The lowest BCUT2D eigenvalue weighted by Crippen LogP contribution is -2.41. The van der Waals surface area contributed by atoms with Gasteiger partial charge in [-0.2, -0.15) is 5.26 Å². The van der Waals surface area contributed by atoms with Crippen LogP contribution in [-0.2, 0) is 4.84 Å². The molecule has 4 nitrogen and oxygen atoms in total. The fraction of sp³-hybridized carbons (Fsp3) is 0.417. The van der Waals surface area contributed by atoms with Crippen LogP contribution >= 0.6 is 0 Å². The van der Waals surface area contributed by atoms with Crippen molar-refractivity contribution in [3.05, 3.63) is 29.8 Å². The van der Waals surface area contributed by atoms with Crippen molar-refractivity contribution in [2.45, 2.75) is 18.9 Å². The van der Waals surface area contributed by atoms with Crippen LogP contribution in [0.15, 0.2) is 24.3 Å². The van der Waals surface area contributed by atoms with Gasteiger partial charge in [-0.25, -0.2) is 5.90 Å². The van der Waals surface area contributed by atoms with Crippen LogP contribution in [0.4, 0.5) is 5.69 Å². The molecule has 0 radical (unpaired) electrons. The van der Waals surface area contributed by atoms with Gasteiger partial charge in [-0.3, -0.25) is 4.84 Å². The van der Waals surface area contributed by atoms with E-state index in [0.29, 0.717) is 5.56 Å². The second-order valence-electron chi connectivity index (χ2n) is 3.98. The van der Waals surface area contributed by atoms with Crippen LogP contribution in [-0.4, -0.2) is 19.2 Å². The van der Waals surface area contributed by atoms with E-state index < -0.39 is 0 Å². The van der Waals surface area contributed by atoms with Gasteiger partial charge in [0.15, 0.2) is 0 Å². The molecule has 1 atom stereocenters. The number of nitriles is 1. The van der Waals surface area contributed by atoms with E-state index in [1.165, 1.54) is 0 Å². The molecule has 2 rings (SSSR count). The predicted octanol–water partition coefficient (Wildman–Crippen LogP) is 1.42. The van der Waals surface area contributed by atoms with Crippen LogP contribution in [0.1, 0.15) is 18.4 Å². The van der Waals surface area contributed by atoms with Crippen LogP contribution in [0.2, 0.25) is 0 Å². The number of nitrogens with zero attached hydrogens (tertiary/aromatic N) is 2. The van der Waals surface area contributed by atoms with E-state index in [-0.39, 0.29) is 6.10 Å². The van der Waals surface area contributed by atoms with E-state index >= 15 is 0 Å². The van der Waals surface area contributed by atoms with Gasteiger partial charge < -0.3 is 4.90 Å². The van der Waals surface area contributed by atoms with Crippen molar-refractivity contribution in [1.29, 1.82) is 5.26 Å². The average molecular weight is 217 g/mol. The van der Waals surface area contributed by atoms with Crippen molar-refractivity contribution in [2.24, 2.45) is 5.90 Å². The van der Waals surface area contributed by atoms with Gasteiger partial charge in [0.25, 0.3) is 0 Å². The van der Waals surface area contributed by atoms with Gasteiger partial charge in [0.05, 0.1) is 17.4 Å². The number of para-hydroxylation sites is 1. The zero-order valence-corrected chi connectivity index (χ0v) is 9.10. The van der Waals surface area contributed by atoms with Gasteiger partial charge in [0.2, 0.25) is 0 Å². The molecule has 2 N–H and O–H groups in total. The van der Waals surface area contributed by atoms with Crippen LogP contribution < -0.4 is 10.8 Å². The summed E-state index contributed by atoms with van der Waals surface area (Å²) in [5.41, 5.74) is 1.69. The van der Waals surface area contributed by atoms with Gasteiger partial charge in [0, 0.05) is 13.1 Å². The summed E-state index contributed by atoms with van der Waals surface area (Å²) < 4.78 is 0. The van der Waals surface area contributed by atoms with E-state index in [1.54, 1.807) is 0 Å². The van der Waals surface area contributed by atoms with E-state index in [0.717, 1.165) is 31.6 Å². The van der Waals surface area contributed by atoms with Gasteiger partial charge in [-0.1, -0.05) is 12.1 Å². The molecule has 0 aliphatic carbocycles. The van der Waals surface area contributed by atoms with Crippen LogP contribution in [0.3, 0.4) is 0 Å². The molecule has 84 valence electrons. The summed E-state index contributed by atoms with van der Waals surface area (Å²) in [4.78, 5) is 7.06. The number of hydrogen-bond donors (Lipinski definition) is 1. The maximum Gasteiger partial charge on any atom is 0.101 e. The van der Waals surface area contributed by atoms with E-state index in [2.05, 4.69) is 11.0 Å². The Labute approximate surface area is 95.2 Å². The zero-order valence-electron chi connectivity index (χ0n) is 9.10. The molecule has 1 aromatic rings. The van der Waals surface area contributed by atoms with Crippen molar-refractivity contribution in [1.82, 2.24) is 0 Å². The lowest BCUT2D eigenvalue weighted by Gasteiger charge is -2.33. The van der Waals surface area contributed by atoms with Gasteiger partial charge in [0.1, 0.15) is 6.07 Å². The van der Waals surface area contributed by atoms with Gasteiger partial charge >= 0.3 is 0 Å². The number of anilines is 1. The Morgan fingerprint density at radius 1 is 1.44 bits per heavy atom. The molecule has 0 spiro atoms. The van der Waals surface area contributed by atoms with E-state index in [9.17, 15) is 0 Å². The molecule has 1 saturated heterocycles. The average Bonchev–Trinajstić information content (AvgIpc) is 2.38. The minimum Gasteiger partial charge on any atom is -0.368 e. The van der Waals surface area contributed by atoms with Crippen LogP contribution in [0, 0.1) is 11.3 Å². The fourth-order valence-corrected chi connectivity index (χ4v) is 2.11. The molecule has 0 saturated carbocycles. The summed E-state index contributed by atoms with van der Waals surface area (Å²) in [6.45, 7) is 1.72. The fourth-order valence-electron chi connectivity index (χ4n) is 2.11. The van der Waals surface area contributed by atoms with Crippen LogP contribution in [0.5, 0.6) is 0 Å². The van der Waals surface area contributed by atoms with Crippen LogP contribution in [0.25, 0.3) is 0 Å². The quantitative estimate of drug-likeness (QED) is 0.761. The topological polar surface area (TPSA) is 62.3 Å². The summed E-state index contributed by atoms with van der Waals surface area (Å²) >= 11 is 0. The van der Waals surface area contributed by atoms with Crippen molar-refractivity contribution in [3.8, 4) is 6.07 Å². The molecule has 1 aliphatic heterocycles. The Balaban J connectivity index is 2.20. The van der Waals surface area contributed by atoms with Gasteiger partial charge in [-0.15, -0.1) is 0 Å². The molecule has 0 amide bonds. The molecule has 16 heavy (non-hydrogen) atoms. The Morgan fingerprint density at radius 3 is 3.00 bits per heavy atom. The maximum absolute atomic E-state index is 9.04. The van der Waals surface area contributed by atoms with Crippen molar-refractivity contribution in [2.75, 3.05) is 18.0 Å². The molecule has 1 aliphatic rings. The number of hydrogen-bond acceptors (Lipinski definition) is 4. The van der Waals surface area contributed by atoms with E-state index in [4.69, 9.17) is 16.0 Å². The SMILES string of the molecule is N#Cc1ccccc1N1CCCC(ON)C1. The summed E-state index contributed by atoms with van der Waals surface area (Å²) in [7, 11) is 0. The van der Waals surface area contributed by atoms with E-state index in [1.807, 2.05) is 24.3 Å². The first kappa shape index (κ1) is 10.9. The first-order chi connectivity index (χ1) is 7.85. The maximum atomic E-state index is 9.04. The van der Waals surface area contributed by atoms with Crippen molar-refractivity contribution >= 4 is 5.69 Å². The Hall–Kier alpha value is -1.57. The second kappa shape index (κ2) is 4.97. The highest BCUT2D eigenvalue weighted by atomic mass is 16.6. The van der Waals surface area contributed by atoms with Gasteiger partial charge in [-0.05, 0) is 25.0 Å². The minimum absolute atomic E-state index is 0.0699. The molecule has 1 fully saturated rings. The Morgan fingerprint density at radius 2 is 2.25 bits per heavy atom. The predicted molar refractivity (Wildman–Crippen MR) is 61.7 cm³/mol. The largest absolute Gasteiger partial charge is 0.368 e. The van der Waals surface area contributed by atoms with Crippen molar-refractivity contribution < 1.29 is 4.84 Å². The molecule has 0 aromatic heterocycles. The monoisotopic (exact) mass is 217 g/mol. The van der Waals surface area contributed by atoms with Crippen molar-refractivity contribution in [3.63, 3.8) is 0 Å². The first-order valence-corrected chi connectivity index (χ1v) is 5.44. The standard InChI is InChI=1S/C12H15N3O/c13-8-10-4-1-2-6-12(10)15-7-3-5-11(9-15)16-14/h1-2,4,6,11H,3,5,7,9,14H2. The number of nitrogens with two attached hydrogens (primary N) is 1. The lowest BCUT2D eigenvalue weighted by atomic mass is 10.1. The normalized spacial score (nSPS) is 20.5. The smallest absolute Gasteiger partial charge is 0.101 e. The molecule has 1 heterocycles. The highest BCUT2D eigenvalue weighted by Crippen LogP contribution is 2.24. The molecular formula is C12H15N3O. The minimum atomic E-state index is 0.0699. The molecular weight excluding hydrogens is 202 g/mol. The molecule has 1 unspecified atom stereocenters. The Bertz CT molecular complexity index is 399.